The zero-order valence-electron chi connectivity index (χ0n) is 12.2. The number of nitriles is 1. The van der Waals surface area contributed by atoms with E-state index in [1.54, 1.807) is 36.9 Å². The van der Waals surface area contributed by atoms with Crippen LogP contribution in [-0.2, 0) is 11.3 Å². The molecule has 0 fully saturated rings. The number of rotatable bonds is 4. The fourth-order valence-corrected chi connectivity index (χ4v) is 2.18. The third-order valence-electron chi connectivity index (χ3n) is 3.32. The van der Waals surface area contributed by atoms with Gasteiger partial charge in [-0.1, -0.05) is 6.07 Å². The van der Waals surface area contributed by atoms with Gasteiger partial charge in [-0.2, -0.15) is 5.26 Å². The Balaban J connectivity index is 1.79. The van der Waals surface area contributed by atoms with Crippen molar-refractivity contribution in [2.24, 2.45) is 0 Å². The molecule has 0 aliphatic rings. The third-order valence-corrected chi connectivity index (χ3v) is 3.32. The van der Waals surface area contributed by atoms with Crippen molar-refractivity contribution in [3.63, 3.8) is 0 Å². The Morgan fingerprint density at radius 2 is 2.22 bits per heavy atom. The molecule has 0 bridgehead atoms. The summed E-state index contributed by atoms with van der Waals surface area (Å²) in [6.45, 7) is 0.321. The standard InChI is InChI=1S/C17H13N5O/c18-8-13(17(23)22-10-12-3-1-5-19-9-12)7-14-11-21-16-15(14)4-2-6-20-16/h1-7,9,11H,10H2,(H,20,21)(H,22,23). The van der Waals surface area contributed by atoms with Gasteiger partial charge < -0.3 is 10.3 Å². The molecule has 3 aromatic rings. The maximum absolute atomic E-state index is 12.2. The minimum atomic E-state index is -0.422. The van der Waals surface area contributed by atoms with E-state index in [4.69, 9.17) is 0 Å². The lowest BCUT2D eigenvalue weighted by Crippen LogP contribution is -2.23. The number of fused-ring (bicyclic) bond motifs is 1. The van der Waals surface area contributed by atoms with Crippen LogP contribution in [0.2, 0.25) is 0 Å². The van der Waals surface area contributed by atoms with Crippen molar-refractivity contribution in [2.75, 3.05) is 0 Å². The van der Waals surface area contributed by atoms with Gasteiger partial charge in [0.05, 0.1) is 0 Å². The van der Waals surface area contributed by atoms with Crippen LogP contribution in [0.5, 0.6) is 0 Å². The maximum atomic E-state index is 12.2. The van der Waals surface area contributed by atoms with E-state index in [0.717, 1.165) is 16.5 Å². The monoisotopic (exact) mass is 303 g/mol. The molecule has 0 spiro atoms. The molecule has 0 aromatic carbocycles. The molecular formula is C17H13N5O. The van der Waals surface area contributed by atoms with E-state index in [-0.39, 0.29) is 5.57 Å². The zero-order chi connectivity index (χ0) is 16.1. The molecule has 23 heavy (non-hydrogen) atoms. The van der Waals surface area contributed by atoms with Crippen molar-refractivity contribution in [1.29, 1.82) is 5.26 Å². The van der Waals surface area contributed by atoms with E-state index < -0.39 is 5.91 Å². The van der Waals surface area contributed by atoms with Crippen LogP contribution in [0.15, 0.2) is 54.6 Å². The summed E-state index contributed by atoms with van der Waals surface area (Å²) in [5.74, 6) is -0.422. The van der Waals surface area contributed by atoms with Gasteiger partial charge in [0.25, 0.3) is 5.91 Å². The van der Waals surface area contributed by atoms with Crippen LogP contribution < -0.4 is 5.32 Å². The van der Waals surface area contributed by atoms with E-state index in [9.17, 15) is 10.1 Å². The molecule has 6 heteroatoms. The van der Waals surface area contributed by atoms with E-state index in [0.29, 0.717) is 12.2 Å². The van der Waals surface area contributed by atoms with Crippen molar-refractivity contribution in [3.05, 3.63) is 65.8 Å². The molecule has 0 unspecified atom stereocenters. The summed E-state index contributed by atoms with van der Waals surface area (Å²) in [7, 11) is 0. The van der Waals surface area contributed by atoms with Crippen molar-refractivity contribution >= 4 is 23.0 Å². The van der Waals surface area contributed by atoms with Crippen LogP contribution in [0.1, 0.15) is 11.1 Å². The average molecular weight is 303 g/mol. The summed E-state index contributed by atoms with van der Waals surface area (Å²) in [6.07, 6.45) is 8.29. The topological polar surface area (TPSA) is 94.5 Å². The molecule has 2 N–H and O–H groups in total. The molecule has 1 amide bonds. The summed E-state index contributed by atoms with van der Waals surface area (Å²) in [5.41, 5.74) is 2.38. The van der Waals surface area contributed by atoms with Crippen LogP contribution >= 0.6 is 0 Å². The highest BCUT2D eigenvalue weighted by Crippen LogP contribution is 2.18. The second kappa shape index (κ2) is 6.54. The number of carbonyl (C=O) groups excluding carboxylic acids is 1. The molecule has 0 atom stereocenters. The predicted octanol–water partition coefficient (Wildman–Crippen LogP) is 2.18. The van der Waals surface area contributed by atoms with Crippen molar-refractivity contribution in [1.82, 2.24) is 20.3 Å². The van der Waals surface area contributed by atoms with Crippen LogP contribution in [0.4, 0.5) is 0 Å². The molecule has 112 valence electrons. The van der Waals surface area contributed by atoms with E-state index in [2.05, 4.69) is 20.3 Å². The second-order valence-corrected chi connectivity index (χ2v) is 4.86. The molecule has 0 saturated carbocycles. The van der Waals surface area contributed by atoms with E-state index in [1.165, 1.54) is 0 Å². The Bertz CT molecular complexity index is 905. The fourth-order valence-electron chi connectivity index (χ4n) is 2.18. The molecule has 3 aromatic heterocycles. The van der Waals surface area contributed by atoms with E-state index >= 15 is 0 Å². The molecule has 0 aliphatic heterocycles. The van der Waals surface area contributed by atoms with Gasteiger partial charge in [-0.25, -0.2) is 4.98 Å². The van der Waals surface area contributed by atoms with Gasteiger partial charge in [0.2, 0.25) is 0 Å². The second-order valence-electron chi connectivity index (χ2n) is 4.86. The fraction of sp³-hybridized carbons (Fsp3) is 0.0588. The molecule has 3 heterocycles. The Morgan fingerprint density at radius 3 is 3.00 bits per heavy atom. The molecule has 0 saturated heterocycles. The number of hydrogen-bond donors (Lipinski definition) is 2. The summed E-state index contributed by atoms with van der Waals surface area (Å²) in [6, 6.07) is 9.28. The zero-order valence-corrected chi connectivity index (χ0v) is 12.2. The Labute approximate surface area is 132 Å². The van der Waals surface area contributed by atoms with Crippen LogP contribution in [0.3, 0.4) is 0 Å². The van der Waals surface area contributed by atoms with Crippen LogP contribution in [-0.4, -0.2) is 20.9 Å². The lowest BCUT2D eigenvalue weighted by atomic mass is 10.1. The third kappa shape index (κ3) is 3.24. The molecule has 0 aliphatic carbocycles. The summed E-state index contributed by atoms with van der Waals surface area (Å²) in [4.78, 5) is 23.3. The summed E-state index contributed by atoms with van der Waals surface area (Å²) >= 11 is 0. The Morgan fingerprint density at radius 1 is 1.35 bits per heavy atom. The molecular weight excluding hydrogens is 290 g/mol. The lowest BCUT2D eigenvalue weighted by Gasteiger charge is -2.03. The SMILES string of the molecule is N#CC(=Cc1c[nH]c2ncccc12)C(=O)NCc1cccnc1. The Kier molecular flexibility index (Phi) is 4.11. The number of pyridine rings is 2. The first kappa shape index (κ1) is 14.5. The van der Waals surface area contributed by atoms with Gasteiger partial charge in [-0.15, -0.1) is 0 Å². The summed E-state index contributed by atoms with van der Waals surface area (Å²) in [5, 5.41) is 12.8. The van der Waals surface area contributed by atoms with E-state index in [1.807, 2.05) is 24.3 Å². The number of nitrogens with zero attached hydrogens (tertiary/aromatic N) is 3. The minimum absolute atomic E-state index is 0.0404. The first-order valence-electron chi connectivity index (χ1n) is 6.99. The Hall–Kier alpha value is -3.46. The first-order valence-corrected chi connectivity index (χ1v) is 6.99. The number of amides is 1. The summed E-state index contributed by atoms with van der Waals surface area (Å²) < 4.78 is 0. The predicted molar refractivity (Wildman–Crippen MR) is 85.8 cm³/mol. The van der Waals surface area contributed by atoms with Gasteiger partial charge in [0, 0.05) is 42.3 Å². The van der Waals surface area contributed by atoms with Gasteiger partial charge >= 0.3 is 0 Å². The molecule has 3 rings (SSSR count). The van der Waals surface area contributed by atoms with Crippen molar-refractivity contribution in [3.8, 4) is 6.07 Å². The lowest BCUT2D eigenvalue weighted by molar-refractivity contribution is -0.117. The molecule has 0 radical (unpaired) electrons. The van der Waals surface area contributed by atoms with Crippen molar-refractivity contribution in [2.45, 2.75) is 6.54 Å². The van der Waals surface area contributed by atoms with Gasteiger partial charge in [0.1, 0.15) is 17.3 Å². The number of hydrogen-bond acceptors (Lipinski definition) is 4. The normalized spacial score (nSPS) is 11.2. The minimum Gasteiger partial charge on any atom is -0.347 e. The quantitative estimate of drug-likeness (QED) is 0.570. The maximum Gasteiger partial charge on any atom is 0.262 e. The number of nitrogens with one attached hydrogen (secondary N) is 2. The number of carbonyl (C=O) groups is 1. The average Bonchev–Trinajstić information content (AvgIpc) is 3.01. The number of H-pyrrole nitrogens is 1. The van der Waals surface area contributed by atoms with Crippen LogP contribution in [0.25, 0.3) is 17.1 Å². The first-order chi connectivity index (χ1) is 11.3. The highest BCUT2D eigenvalue weighted by Gasteiger charge is 2.10. The smallest absolute Gasteiger partial charge is 0.262 e. The molecule has 6 nitrogen and oxygen atoms in total. The van der Waals surface area contributed by atoms with Crippen LogP contribution in [0, 0.1) is 11.3 Å². The van der Waals surface area contributed by atoms with Crippen molar-refractivity contribution < 1.29 is 4.79 Å². The highest BCUT2D eigenvalue weighted by atomic mass is 16.1. The number of aromatic nitrogens is 3. The van der Waals surface area contributed by atoms with Gasteiger partial charge in [-0.05, 0) is 29.8 Å². The largest absolute Gasteiger partial charge is 0.347 e. The number of aromatic amines is 1. The van der Waals surface area contributed by atoms with Gasteiger partial charge in [0.15, 0.2) is 0 Å². The highest BCUT2D eigenvalue weighted by molar-refractivity contribution is 6.03. The van der Waals surface area contributed by atoms with Gasteiger partial charge in [-0.3, -0.25) is 9.78 Å².